The van der Waals surface area contributed by atoms with Crippen molar-refractivity contribution in [3.8, 4) is 0 Å². The molecule has 0 bridgehead atoms. The molecule has 15 heavy (non-hydrogen) atoms. The van der Waals surface area contributed by atoms with Crippen molar-refractivity contribution in [3.05, 3.63) is 47.9 Å². The van der Waals surface area contributed by atoms with Crippen molar-refractivity contribution in [2.45, 2.75) is 5.79 Å². The summed E-state index contributed by atoms with van der Waals surface area (Å²) in [5.74, 6) is -1.08. The van der Waals surface area contributed by atoms with Crippen LogP contribution in [0.4, 0.5) is 4.39 Å². The third-order valence-corrected chi connectivity index (χ3v) is 2.15. The van der Waals surface area contributed by atoms with E-state index in [1.54, 1.807) is 24.4 Å². The Morgan fingerprint density at radius 3 is 2.53 bits per heavy atom. The van der Waals surface area contributed by atoms with E-state index in [-0.39, 0.29) is 5.82 Å². The van der Waals surface area contributed by atoms with Gasteiger partial charge in [0.1, 0.15) is 11.7 Å². The van der Waals surface area contributed by atoms with Gasteiger partial charge in [-0.15, -0.1) is 0 Å². The van der Waals surface area contributed by atoms with Gasteiger partial charge in [-0.2, -0.15) is 0 Å². The second kappa shape index (κ2) is 3.36. The monoisotopic (exact) mass is 206 g/mol. The van der Waals surface area contributed by atoms with Gasteiger partial charge >= 0.3 is 0 Å². The summed E-state index contributed by atoms with van der Waals surface area (Å²) in [6, 6.07) is 5.79. The fourth-order valence-corrected chi connectivity index (χ4v) is 1.38. The summed E-state index contributed by atoms with van der Waals surface area (Å²) in [6.07, 6.45) is 3.22. The predicted molar refractivity (Wildman–Crippen MR) is 56.2 cm³/mol. The van der Waals surface area contributed by atoms with Crippen molar-refractivity contribution in [2.75, 3.05) is 0 Å². The normalized spacial score (nSPS) is 24.5. The predicted octanol–water partition coefficient (Wildman–Crippen LogP) is 0.369. The number of amidine groups is 1. The van der Waals surface area contributed by atoms with Crippen LogP contribution in [0, 0.1) is 5.82 Å². The zero-order valence-corrected chi connectivity index (χ0v) is 7.94. The van der Waals surface area contributed by atoms with Crippen molar-refractivity contribution in [1.29, 1.82) is 0 Å². The summed E-state index contributed by atoms with van der Waals surface area (Å²) < 4.78 is 12.7. The quantitative estimate of drug-likeness (QED) is 0.621. The first-order valence-electron chi connectivity index (χ1n) is 4.45. The van der Waals surface area contributed by atoms with E-state index >= 15 is 0 Å². The van der Waals surface area contributed by atoms with E-state index in [0.717, 1.165) is 0 Å². The van der Waals surface area contributed by atoms with E-state index in [0.29, 0.717) is 11.4 Å². The number of rotatable bonds is 1. The summed E-state index contributed by atoms with van der Waals surface area (Å²) in [5, 5.41) is 2.87. The average molecular weight is 206 g/mol. The minimum atomic E-state index is -1.10. The number of nitrogens with one attached hydrogen (secondary N) is 1. The summed E-state index contributed by atoms with van der Waals surface area (Å²) in [6.45, 7) is 0. The number of nitrogens with zero attached hydrogens (tertiary/aromatic N) is 1. The van der Waals surface area contributed by atoms with Crippen molar-refractivity contribution in [1.82, 2.24) is 5.32 Å². The van der Waals surface area contributed by atoms with Crippen molar-refractivity contribution < 1.29 is 4.39 Å². The molecule has 5 N–H and O–H groups in total. The SMILES string of the molecule is NC1=NC(N)(c2ccc(F)cc2)NC=C1. The second-order valence-electron chi connectivity index (χ2n) is 3.29. The Morgan fingerprint density at radius 1 is 1.27 bits per heavy atom. The highest BCUT2D eigenvalue weighted by Crippen LogP contribution is 2.19. The highest BCUT2D eigenvalue weighted by atomic mass is 19.1. The summed E-state index contributed by atoms with van der Waals surface area (Å²) in [5.41, 5.74) is 12.2. The smallest absolute Gasteiger partial charge is 0.211 e. The molecule has 0 aliphatic carbocycles. The van der Waals surface area contributed by atoms with Gasteiger partial charge in [-0.3, -0.25) is 5.73 Å². The van der Waals surface area contributed by atoms with Gasteiger partial charge in [0.2, 0.25) is 5.79 Å². The lowest BCUT2D eigenvalue weighted by molar-refractivity contribution is 0.409. The van der Waals surface area contributed by atoms with Gasteiger partial charge < -0.3 is 11.1 Å². The van der Waals surface area contributed by atoms with Crippen molar-refractivity contribution >= 4 is 5.84 Å². The zero-order chi connectivity index (χ0) is 10.9. The van der Waals surface area contributed by atoms with Gasteiger partial charge in [0.25, 0.3) is 0 Å². The molecule has 0 amide bonds. The third-order valence-electron chi connectivity index (χ3n) is 2.15. The Labute approximate surface area is 86.5 Å². The molecule has 0 saturated carbocycles. The van der Waals surface area contributed by atoms with Crippen LogP contribution in [0.1, 0.15) is 5.56 Å². The summed E-state index contributed by atoms with van der Waals surface area (Å²) in [7, 11) is 0. The average Bonchev–Trinajstić information content (AvgIpc) is 2.18. The van der Waals surface area contributed by atoms with E-state index in [2.05, 4.69) is 10.3 Å². The van der Waals surface area contributed by atoms with Crippen molar-refractivity contribution in [2.24, 2.45) is 16.5 Å². The Hall–Kier alpha value is -1.88. The van der Waals surface area contributed by atoms with Crippen LogP contribution >= 0.6 is 0 Å². The lowest BCUT2D eigenvalue weighted by Crippen LogP contribution is -2.49. The van der Waals surface area contributed by atoms with Crippen molar-refractivity contribution in [3.63, 3.8) is 0 Å². The maximum atomic E-state index is 12.7. The number of hydrogen-bond acceptors (Lipinski definition) is 4. The molecular weight excluding hydrogens is 195 g/mol. The Kier molecular flexibility index (Phi) is 2.17. The molecule has 1 aromatic rings. The lowest BCUT2D eigenvalue weighted by atomic mass is 10.1. The van der Waals surface area contributed by atoms with Crippen LogP contribution in [-0.2, 0) is 5.79 Å². The topological polar surface area (TPSA) is 76.4 Å². The molecule has 2 rings (SSSR count). The number of halogens is 1. The molecule has 0 fully saturated rings. The molecule has 4 nitrogen and oxygen atoms in total. The largest absolute Gasteiger partial charge is 0.384 e. The molecule has 5 heteroatoms. The van der Waals surface area contributed by atoms with Gasteiger partial charge in [0.05, 0.1) is 0 Å². The van der Waals surface area contributed by atoms with E-state index in [1.807, 2.05) is 0 Å². The highest BCUT2D eigenvalue weighted by molar-refractivity contribution is 5.92. The summed E-state index contributed by atoms with van der Waals surface area (Å²) in [4.78, 5) is 4.07. The standard InChI is InChI=1S/C10H11FN4/c11-8-3-1-7(2-4-8)10(13)14-6-5-9(12)15-10/h1-6,14H,13H2,(H2,12,15). The number of nitrogens with two attached hydrogens (primary N) is 2. The molecule has 1 heterocycles. The van der Waals surface area contributed by atoms with E-state index in [4.69, 9.17) is 11.5 Å². The Balaban J connectivity index is 2.38. The van der Waals surface area contributed by atoms with Crippen LogP contribution in [0.5, 0.6) is 0 Å². The lowest BCUT2D eigenvalue weighted by Gasteiger charge is -2.28. The minimum absolute atomic E-state index is 0.314. The molecular formula is C10H11FN4. The molecule has 1 aliphatic heterocycles. The van der Waals surface area contributed by atoms with Crippen LogP contribution in [0.15, 0.2) is 41.5 Å². The maximum Gasteiger partial charge on any atom is 0.211 e. The molecule has 0 saturated heterocycles. The van der Waals surface area contributed by atoms with Crippen LogP contribution in [-0.4, -0.2) is 5.84 Å². The molecule has 0 spiro atoms. The Bertz CT molecular complexity index is 424. The maximum absolute atomic E-state index is 12.7. The van der Waals surface area contributed by atoms with Crippen LogP contribution in [0.25, 0.3) is 0 Å². The van der Waals surface area contributed by atoms with E-state index < -0.39 is 5.79 Å². The molecule has 1 unspecified atom stereocenters. The van der Waals surface area contributed by atoms with Crippen LogP contribution in [0.2, 0.25) is 0 Å². The molecule has 78 valence electrons. The minimum Gasteiger partial charge on any atom is -0.384 e. The summed E-state index contributed by atoms with van der Waals surface area (Å²) >= 11 is 0. The van der Waals surface area contributed by atoms with Gasteiger partial charge in [0, 0.05) is 11.8 Å². The first-order valence-corrected chi connectivity index (χ1v) is 4.45. The van der Waals surface area contributed by atoms with E-state index in [9.17, 15) is 4.39 Å². The Morgan fingerprint density at radius 2 is 1.93 bits per heavy atom. The van der Waals surface area contributed by atoms with Gasteiger partial charge in [-0.1, -0.05) is 12.1 Å². The van der Waals surface area contributed by atoms with Gasteiger partial charge in [0.15, 0.2) is 0 Å². The number of hydrogen-bond donors (Lipinski definition) is 3. The number of aliphatic imine (C=N–C) groups is 1. The number of benzene rings is 1. The van der Waals surface area contributed by atoms with Crippen LogP contribution in [0.3, 0.4) is 0 Å². The van der Waals surface area contributed by atoms with Gasteiger partial charge in [-0.25, -0.2) is 9.38 Å². The van der Waals surface area contributed by atoms with E-state index in [1.165, 1.54) is 12.1 Å². The highest BCUT2D eigenvalue weighted by Gasteiger charge is 2.26. The second-order valence-corrected chi connectivity index (χ2v) is 3.29. The molecule has 1 aromatic carbocycles. The fraction of sp³-hybridized carbons (Fsp3) is 0.100. The molecule has 1 aliphatic rings. The first-order chi connectivity index (χ1) is 7.10. The molecule has 0 radical (unpaired) electrons. The van der Waals surface area contributed by atoms with Crippen LogP contribution < -0.4 is 16.8 Å². The fourth-order valence-electron chi connectivity index (χ4n) is 1.38. The zero-order valence-electron chi connectivity index (χ0n) is 7.94. The molecule has 0 aromatic heterocycles. The first kappa shape index (κ1) is 9.67. The van der Waals surface area contributed by atoms with Gasteiger partial charge in [-0.05, 0) is 18.2 Å². The molecule has 1 atom stereocenters. The third kappa shape index (κ3) is 1.82.